The Kier molecular flexibility index (Phi) is 7.44. The Hall–Kier alpha value is -2.64. The van der Waals surface area contributed by atoms with E-state index in [2.05, 4.69) is 10.3 Å². The Morgan fingerprint density at radius 1 is 1.13 bits per heavy atom. The lowest BCUT2D eigenvalue weighted by molar-refractivity contribution is -0.123. The third kappa shape index (κ3) is 8.00. The number of likely N-dealkylation sites (tertiary alicyclic amines) is 1. The van der Waals surface area contributed by atoms with E-state index >= 15 is 0 Å². The van der Waals surface area contributed by atoms with E-state index in [1.54, 1.807) is 44.0 Å². The van der Waals surface area contributed by atoms with Crippen LogP contribution in [0.5, 0.6) is 0 Å². The fourth-order valence-electron chi connectivity index (χ4n) is 3.14. The van der Waals surface area contributed by atoms with Crippen LogP contribution in [0.25, 0.3) is 0 Å². The van der Waals surface area contributed by atoms with Crippen LogP contribution >= 0.6 is 0 Å². The van der Waals surface area contributed by atoms with Crippen LogP contribution in [0.3, 0.4) is 0 Å². The van der Waals surface area contributed by atoms with Crippen molar-refractivity contribution in [3.8, 4) is 0 Å². The van der Waals surface area contributed by atoms with Gasteiger partial charge in [0.05, 0.1) is 0 Å². The van der Waals surface area contributed by atoms with Gasteiger partial charge in [-0.05, 0) is 72.1 Å². The van der Waals surface area contributed by atoms with Crippen LogP contribution in [0.2, 0.25) is 0 Å². The first kappa shape index (κ1) is 23.6. The quantitative estimate of drug-likeness (QED) is 0.786. The maximum absolute atomic E-state index is 12.8. The third-order valence-corrected chi connectivity index (χ3v) is 4.36. The van der Waals surface area contributed by atoms with Crippen molar-refractivity contribution >= 4 is 23.8 Å². The van der Waals surface area contributed by atoms with Gasteiger partial charge in [0.25, 0.3) is 0 Å². The van der Waals surface area contributed by atoms with E-state index in [-0.39, 0.29) is 24.2 Å². The van der Waals surface area contributed by atoms with Crippen molar-refractivity contribution < 1.29 is 23.9 Å². The highest BCUT2D eigenvalue weighted by Crippen LogP contribution is 2.22. The number of nitrogens with one attached hydrogen (secondary N) is 1. The lowest BCUT2D eigenvalue weighted by atomic mass is 9.90. The zero-order chi connectivity index (χ0) is 22.5. The largest absolute Gasteiger partial charge is 0.444 e. The van der Waals surface area contributed by atoms with E-state index in [4.69, 9.17) is 9.47 Å². The Morgan fingerprint density at radius 3 is 2.43 bits per heavy atom. The zero-order valence-corrected chi connectivity index (χ0v) is 18.8. The predicted molar refractivity (Wildman–Crippen MR) is 113 cm³/mol. The summed E-state index contributed by atoms with van der Waals surface area (Å²) in [7, 11) is 0. The third-order valence-electron chi connectivity index (χ3n) is 4.36. The van der Waals surface area contributed by atoms with Crippen LogP contribution in [-0.2, 0) is 20.7 Å². The van der Waals surface area contributed by atoms with Gasteiger partial charge in [-0.15, -0.1) is 0 Å². The molecule has 0 spiro atoms. The summed E-state index contributed by atoms with van der Waals surface area (Å²) in [5.74, 6) is 0.146. The molecular formula is C22H33N3O5. The number of hydrogen-bond acceptors (Lipinski definition) is 6. The van der Waals surface area contributed by atoms with Gasteiger partial charge in [0.15, 0.2) is 0 Å². The SMILES string of the molecule is CC(C)(C)OC(=O)Nc1cc(CC(=O)C2CCCN(C(=O)OC(C)(C)C)C2)ccn1. The molecule has 1 N–H and O–H groups in total. The zero-order valence-electron chi connectivity index (χ0n) is 18.8. The number of hydrogen-bond donors (Lipinski definition) is 1. The summed E-state index contributed by atoms with van der Waals surface area (Å²) in [5, 5.41) is 2.58. The summed E-state index contributed by atoms with van der Waals surface area (Å²) in [4.78, 5) is 42.8. The van der Waals surface area contributed by atoms with Crippen LogP contribution in [-0.4, -0.2) is 52.1 Å². The molecule has 2 amide bonds. The maximum atomic E-state index is 12.8. The minimum absolute atomic E-state index is 0.0534. The molecule has 0 aliphatic carbocycles. The molecule has 0 aromatic carbocycles. The molecule has 1 aliphatic rings. The van der Waals surface area contributed by atoms with Gasteiger partial charge >= 0.3 is 12.2 Å². The van der Waals surface area contributed by atoms with Gasteiger partial charge in [-0.2, -0.15) is 0 Å². The first-order chi connectivity index (χ1) is 13.8. The highest BCUT2D eigenvalue weighted by molar-refractivity contribution is 5.86. The van der Waals surface area contributed by atoms with Crippen molar-refractivity contribution in [2.45, 2.75) is 72.0 Å². The van der Waals surface area contributed by atoms with Gasteiger partial charge in [0, 0.05) is 31.6 Å². The molecule has 1 unspecified atom stereocenters. The van der Waals surface area contributed by atoms with E-state index in [1.807, 2.05) is 20.8 Å². The van der Waals surface area contributed by atoms with Gasteiger partial charge in [-0.3, -0.25) is 10.1 Å². The van der Waals surface area contributed by atoms with Crippen LogP contribution in [0.15, 0.2) is 18.3 Å². The van der Waals surface area contributed by atoms with Crippen molar-refractivity contribution in [2.75, 3.05) is 18.4 Å². The van der Waals surface area contributed by atoms with Crippen LogP contribution in [0, 0.1) is 5.92 Å². The van der Waals surface area contributed by atoms with Crippen molar-refractivity contribution in [3.63, 3.8) is 0 Å². The fourth-order valence-corrected chi connectivity index (χ4v) is 3.14. The van der Waals surface area contributed by atoms with Gasteiger partial charge in [-0.25, -0.2) is 14.6 Å². The van der Waals surface area contributed by atoms with E-state index in [9.17, 15) is 14.4 Å². The number of pyridine rings is 1. The standard InChI is InChI=1S/C22H33N3O5/c1-21(2,3)29-19(27)24-18-13-15(9-10-23-18)12-17(26)16-8-7-11-25(14-16)20(28)30-22(4,5)6/h9-10,13,16H,7-8,11-12,14H2,1-6H3,(H,23,24,27). The molecular weight excluding hydrogens is 386 g/mol. The molecule has 1 aromatic rings. The van der Waals surface area contributed by atoms with Crippen molar-refractivity contribution in [1.29, 1.82) is 0 Å². The second-order valence-electron chi connectivity index (χ2n) is 9.58. The lowest BCUT2D eigenvalue weighted by Crippen LogP contribution is -2.44. The number of piperidine rings is 1. The van der Waals surface area contributed by atoms with Crippen molar-refractivity contribution in [3.05, 3.63) is 23.9 Å². The molecule has 1 saturated heterocycles. The average molecular weight is 420 g/mol. The number of amides is 2. The summed E-state index contributed by atoms with van der Waals surface area (Å²) in [5.41, 5.74) is -0.434. The molecule has 1 fully saturated rings. The molecule has 1 aliphatic heterocycles. The monoisotopic (exact) mass is 419 g/mol. The van der Waals surface area contributed by atoms with Gasteiger partial charge < -0.3 is 14.4 Å². The van der Waals surface area contributed by atoms with E-state index in [0.29, 0.717) is 18.9 Å². The summed E-state index contributed by atoms with van der Waals surface area (Å²) in [6, 6.07) is 3.41. The summed E-state index contributed by atoms with van der Waals surface area (Å²) >= 11 is 0. The molecule has 0 saturated carbocycles. The molecule has 2 rings (SSSR count). The van der Waals surface area contributed by atoms with Crippen molar-refractivity contribution in [1.82, 2.24) is 9.88 Å². The normalized spacial score (nSPS) is 17.3. The van der Waals surface area contributed by atoms with Crippen molar-refractivity contribution in [2.24, 2.45) is 5.92 Å². The number of nitrogens with zero attached hydrogens (tertiary/aromatic N) is 2. The van der Waals surface area contributed by atoms with Crippen LogP contribution in [0.4, 0.5) is 15.4 Å². The number of Topliss-reactive ketones (excluding diaryl/α,β-unsaturated/α-hetero) is 1. The van der Waals surface area contributed by atoms with E-state index in [1.165, 1.54) is 0 Å². The highest BCUT2D eigenvalue weighted by atomic mass is 16.6. The Labute approximate surface area is 178 Å². The number of anilines is 1. The van der Waals surface area contributed by atoms with Gasteiger partial charge in [-0.1, -0.05) is 0 Å². The number of ketones is 1. The molecule has 1 atom stereocenters. The number of ether oxygens (including phenoxy) is 2. The Morgan fingerprint density at radius 2 is 1.80 bits per heavy atom. The molecule has 30 heavy (non-hydrogen) atoms. The minimum Gasteiger partial charge on any atom is -0.444 e. The summed E-state index contributed by atoms with van der Waals surface area (Å²) in [6.45, 7) is 11.8. The minimum atomic E-state index is -0.612. The predicted octanol–water partition coefficient (Wildman–Crippen LogP) is 4.19. The van der Waals surface area contributed by atoms with Gasteiger partial charge in [0.1, 0.15) is 22.8 Å². The number of aromatic nitrogens is 1. The first-order valence-electron chi connectivity index (χ1n) is 10.3. The number of carbonyl (C=O) groups excluding carboxylic acids is 3. The second-order valence-corrected chi connectivity index (χ2v) is 9.58. The Balaban J connectivity index is 1.95. The molecule has 0 radical (unpaired) electrons. The van der Waals surface area contributed by atoms with Crippen LogP contribution < -0.4 is 5.32 Å². The summed E-state index contributed by atoms with van der Waals surface area (Å²) in [6.07, 6.45) is 2.28. The first-order valence-corrected chi connectivity index (χ1v) is 10.3. The molecule has 8 nitrogen and oxygen atoms in total. The average Bonchev–Trinajstić information content (AvgIpc) is 2.59. The smallest absolute Gasteiger partial charge is 0.413 e. The molecule has 2 heterocycles. The van der Waals surface area contributed by atoms with E-state index in [0.717, 1.165) is 18.4 Å². The van der Waals surface area contributed by atoms with Crippen LogP contribution in [0.1, 0.15) is 59.9 Å². The second kappa shape index (κ2) is 9.45. The van der Waals surface area contributed by atoms with E-state index < -0.39 is 17.3 Å². The Bertz CT molecular complexity index is 780. The molecule has 8 heteroatoms. The number of rotatable bonds is 4. The van der Waals surface area contributed by atoms with Gasteiger partial charge in [0.2, 0.25) is 0 Å². The lowest BCUT2D eigenvalue weighted by Gasteiger charge is -2.33. The molecule has 166 valence electrons. The fraction of sp³-hybridized carbons (Fsp3) is 0.636. The topological polar surface area (TPSA) is 97.8 Å². The highest BCUT2D eigenvalue weighted by Gasteiger charge is 2.31. The number of carbonyl (C=O) groups is 3. The summed E-state index contributed by atoms with van der Waals surface area (Å²) < 4.78 is 10.6. The molecule has 0 bridgehead atoms. The maximum Gasteiger partial charge on any atom is 0.413 e. The molecule has 1 aromatic heterocycles.